The fourth-order valence-corrected chi connectivity index (χ4v) is 2.10. The molecule has 0 fully saturated rings. The molecular weight excluding hydrogens is 206 g/mol. The van der Waals surface area contributed by atoms with E-state index in [4.69, 9.17) is 11.6 Å². The number of benzene rings is 1. The van der Waals surface area contributed by atoms with Gasteiger partial charge in [0.1, 0.15) is 0 Å². The number of rotatable bonds is 2. The third-order valence-corrected chi connectivity index (χ3v) is 2.98. The molecule has 0 N–H and O–H groups in total. The molecular formula is C13H16ClN. The zero-order valence-electron chi connectivity index (χ0n) is 9.04. The first kappa shape index (κ1) is 10.7. The van der Waals surface area contributed by atoms with Crippen molar-refractivity contribution in [3.8, 4) is 0 Å². The zero-order valence-corrected chi connectivity index (χ0v) is 9.80. The minimum Gasteiger partial charge on any atom is -0.295 e. The average Bonchev–Trinajstić information content (AvgIpc) is 2.22. The van der Waals surface area contributed by atoms with Crippen LogP contribution in [0.15, 0.2) is 35.9 Å². The van der Waals surface area contributed by atoms with E-state index in [1.165, 1.54) is 24.1 Å². The molecule has 0 saturated carbocycles. The summed E-state index contributed by atoms with van der Waals surface area (Å²) in [7, 11) is 0. The lowest BCUT2D eigenvalue weighted by Crippen LogP contribution is -2.28. The molecule has 0 saturated heterocycles. The van der Waals surface area contributed by atoms with Crippen LogP contribution in [0.3, 0.4) is 0 Å². The Labute approximate surface area is 96.4 Å². The molecule has 0 spiro atoms. The normalized spacial score (nSPS) is 17.6. The van der Waals surface area contributed by atoms with Gasteiger partial charge in [-0.25, -0.2) is 0 Å². The van der Waals surface area contributed by atoms with Gasteiger partial charge in [-0.15, -0.1) is 0 Å². The summed E-state index contributed by atoms with van der Waals surface area (Å²) in [6.45, 7) is 5.50. The van der Waals surface area contributed by atoms with Crippen LogP contribution in [0.2, 0.25) is 5.02 Å². The van der Waals surface area contributed by atoms with Crippen molar-refractivity contribution in [1.29, 1.82) is 0 Å². The summed E-state index contributed by atoms with van der Waals surface area (Å²) < 4.78 is 0. The molecule has 1 aromatic rings. The van der Waals surface area contributed by atoms with Gasteiger partial charge in [-0.1, -0.05) is 35.4 Å². The fraction of sp³-hybridized carbons (Fsp3) is 0.385. The van der Waals surface area contributed by atoms with Gasteiger partial charge in [0.25, 0.3) is 0 Å². The largest absolute Gasteiger partial charge is 0.295 e. The van der Waals surface area contributed by atoms with E-state index in [9.17, 15) is 0 Å². The van der Waals surface area contributed by atoms with E-state index in [1.54, 1.807) is 0 Å². The zero-order chi connectivity index (χ0) is 10.7. The van der Waals surface area contributed by atoms with Crippen molar-refractivity contribution in [2.45, 2.75) is 19.9 Å². The van der Waals surface area contributed by atoms with Gasteiger partial charge in [0.15, 0.2) is 0 Å². The Morgan fingerprint density at radius 1 is 1.27 bits per heavy atom. The highest BCUT2D eigenvalue weighted by Crippen LogP contribution is 2.15. The second-order valence-electron chi connectivity index (χ2n) is 4.18. The standard InChI is InChI=1S/C13H16ClN/c1-11-3-2-8-15(9-11)10-12-4-6-13(14)7-5-12/h3-7H,2,8-10H2,1H3. The molecule has 0 radical (unpaired) electrons. The third-order valence-electron chi connectivity index (χ3n) is 2.73. The molecule has 0 amide bonds. The summed E-state index contributed by atoms with van der Waals surface area (Å²) in [4.78, 5) is 2.47. The molecule has 0 unspecified atom stereocenters. The lowest BCUT2D eigenvalue weighted by Gasteiger charge is -2.25. The summed E-state index contributed by atoms with van der Waals surface area (Å²) in [6.07, 6.45) is 3.51. The Balaban J connectivity index is 1.97. The smallest absolute Gasteiger partial charge is 0.0406 e. The minimum atomic E-state index is 0.813. The van der Waals surface area contributed by atoms with E-state index in [-0.39, 0.29) is 0 Å². The topological polar surface area (TPSA) is 3.24 Å². The minimum absolute atomic E-state index is 0.813. The van der Waals surface area contributed by atoms with E-state index in [0.717, 1.165) is 18.1 Å². The van der Waals surface area contributed by atoms with Gasteiger partial charge in [-0.05, 0) is 31.0 Å². The van der Waals surface area contributed by atoms with E-state index in [2.05, 4.69) is 30.0 Å². The molecule has 1 aromatic carbocycles. The van der Waals surface area contributed by atoms with Crippen molar-refractivity contribution in [1.82, 2.24) is 4.90 Å². The number of hydrogen-bond donors (Lipinski definition) is 0. The van der Waals surface area contributed by atoms with E-state index in [0.29, 0.717) is 0 Å². The third kappa shape index (κ3) is 3.08. The Morgan fingerprint density at radius 3 is 2.67 bits per heavy atom. The summed E-state index contributed by atoms with van der Waals surface area (Å²) >= 11 is 5.85. The first-order valence-electron chi connectivity index (χ1n) is 5.36. The highest BCUT2D eigenvalue weighted by molar-refractivity contribution is 6.30. The molecule has 1 aliphatic rings. The Hall–Kier alpha value is -0.790. The van der Waals surface area contributed by atoms with Crippen molar-refractivity contribution in [3.05, 3.63) is 46.5 Å². The summed E-state index contributed by atoms with van der Waals surface area (Å²) in [5.74, 6) is 0. The van der Waals surface area contributed by atoms with Crippen LogP contribution in [0.25, 0.3) is 0 Å². The van der Waals surface area contributed by atoms with Crippen LogP contribution in [0.4, 0.5) is 0 Å². The first-order chi connectivity index (χ1) is 7.24. The lowest BCUT2D eigenvalue weighted by molar-refractivity contribution is 0.282. The number of nitrogens with zero attached hydrogens (tertiary/aromatic N) is 1. The molecule has 0 bridgehead atoms. The molecule has 0 atom stereocenters. The highest BCUT2D eigenvalue weighted by atomic mass is 35.5. The van der Waals surface area contributed by atoms with Gasteiger partial charge in [-0.3, -0.25) is 4.90 Å². The molecule has 1 nitrogen and oxygen atoms in total. The van der Waals surface area contributed by atoms with Crippen LogP contribution in [-0.2, 0) is 6.54 Å². The maximum Gasteiger partial charge on any atom is 0.0406 e. The SMILES string of the molecule is CC1=CCCN(Cc2ccc(Cl)cc2)C1. The number of hydrogen-bond acceptors (Lipinski definition) is 1. The molecule has 15 heavy (non-hydrogen) atoms. The molecule has 2 rings (SSSR count). The monoisotopic (exact) mass is 221 g/mol. The Morgan fingerprint density at radius 2 is 2.00 bits per heavy atom. The lowest BCUT2D eigenvalue weighted by atomic mass is 10.1. The summed E-state index contributed by atoms with van der Waals surface area (Å²) in [5.41, 5.74) is 2.82. The predicted octanol–water partition coefficient (Wildman–Crippen LogP) is 3.49. The van der Waals surface area contributed by atoms with Crippen LogP contribution in [-0.4, -0.2) is 18.0 Å². The van der Waals surface area contributed by atoms with Gasteiger partial charge < -0.3 is 0 Å². The van der Waals surface area contributed by atoms with Gasteiger partial charge in [0, 0.05) is 24.7 Å². The Kier molecular flexibility index (Phi) is 3.45. The first-order valence-corrected chi connectivity index (χ1v) is 5.74. The van der Waals surface area contributed by atoms with Crippen molar-refractivity contribution in [2.75, 3.05) is 13.1 Å². The molecule has 0 aliphatic carbocycles. The van der Waals surface area contributed by atoms with Crippen LogP contribution in [0.5, 0.6) is 0 Å². The molecule has 1 heterocycles. The van der Waals surface area contributed by atoms with Crippen LogP contribution < -0.4 is 0 Å². The van der Waals surface area contributed by atoms with E-state index in [1.807, 2.05) is 12.1 Å². The summed E-state index contributed by atoms with van der Waals surface area (Å²) in [5, 5.41) is 0.813. The van der Waals surface area contributed by atoms with Gasteiger partial charge in [-0.2, -0.15) is 0 Å². The average molecular weight is 222 g/mol. The Bertz CT molecular complexity index is 353. The fourth-order valence-electron chi connectivity index (χ4n) is 1.97. The van der Waals surface area contributed by atoms with Crippen molar-refractivity contribution < 1.29 is 0 Å². The van der Waals surface area contributed by atoms with Crippen LogP contribution in [0.1, 0.15) is 18.9 Å². The predicted molar refractivity (Wildman–Crippen MR) is 65.1 cm³/mol. The highest BCUT2D eigenvalue weighted by Gasteiger charge is 2.09. The van der Waals surface area contributed by atoms with Crippen molar-refractivity contribution in [2.24, 2.45) is 0 Å². The second-order valence-corrected chi connectivity index (χ2v) is 4.61. The van der Waals surface area contributed by atoms with Gasteiger partial charge >= 0.3 is 0 Å². The van der Waals surface area contributed by atoms with Crippen molar-refractivity contribution in [3.63, 3.8) is 0 Å². The maximum atomic E-state index is 5.85. The van der Waals surface area contributed by atoms with Gasteiger partial charge in [0.2, 0.25) is 0 Å². The molecule has 1 aliphatic heterocycles. The summed E-state index contributed by atoms with van der Waals surface area (Å²) in [6, 6.07) is 8.14. The number of halogens is 1. The van der Waals surface area contributed by atoms with Crippen LogP contribution in [0, 0.1) is 0 Å². The molecule has 80 valence electrons. The molecule has 2 heteroatoms. The van der Waals surface area contributed by atoms with E-state index >= 15 is 0 Å². The maximum absolute atomic E-state index is 5.85. The molecule has 0 aromatic heterocycles. The van der Waals surface area contributed by atoms with E-state index < -0.39 is 0 Å². The van der Waals surface area contributed by atoms with Gasteiger partial charge in [0.05, 0.1) is 0 Å². The quantitative estimate of drug-likeness (QED) is 0.691. The second kappa shape index (κ2) is 4.82. The van der Waals surface area contributed by atoms with Crippen molar-refractivity contribution >= 4 is 11.6 Å². The van der Waals surface area contributed by atoms with Crippen LogP contribution >= 0.6 is 11.6 Å².